The molecular formula is C24H19N3. The van der Waals surface area contributed by atoms with Crippen LogP contribution in [0, 0.1) is 11.3 Å². The highest BCUT2D eigenvalue weighted by atomic mass is 15.1. The molecule has 0 aliphatic heterocycles. The Hall–Kier alpha value is -3.64. The van der Waals surface area contributed by atoms with Crippen LogP contribution in [0.2, 0.25) is 0 Å². The van der Waals surface area contributed by atoms with Crippen LogP contribution in [0.4, 0.5) is 0 Å². The normalized spacial score (nSPS) is 11.1. The van der Waals surface area contributed by atoms with Crippen molar-refractivity contribution in [3.8, 4) is 6.07 Å². The van der Waals surface area contributed by atoms with Gasteiger partial charge in [0, 0.05) is 6.20 Å². The molecule has 130 valence electrons. The molecule has 3 aromatic carbocycles. The lowest BCUT2D eigenvalue weighted by Gasteiger charge is -2.38. The maximum Gasteiger partial charge on any atom is 0.121 e. The topological polar surface area (TPSA) is 41.6 Å². The molecule has 0 fully saturated rings. The number of hydrogen-bond acceptors (Lipinski definition) is 2. The van der Waals surface area contributed by atoms with E-state index in [4.69, 9.17) is 0 Å². The summed E-state index contributed by atoms with van der Waals surface area (Å²) >= 11 is 0. The third-order valence-electron chi connectivity index (χ3n) is 4.91. The minimum atomic E-state index is -0.605. The molecule has 0 amide bonds. The van der Waals surface area contributed by atoms with Crippen LogP contribution in [-0.4, -0.2) is 9.55 Å². The molecule has 0 spiro atoms. The maximum atomic E-state index is 9.35. The van der Waals surface area contributed by atoms with Crippen molar-refractivity contribution in [3.63, 3.8) is 0 Å². The third-order valence-corrected chi connectivity index (χ3v) is 4.91. The lowest BCUT2D eigenvalue weighted by molar-refractivity contribution is 0.500. The average Bonchev–Trinajstić information content (AvgIpc) is 3.20. The molecule has 0 radical (unpaired) electrons. The Morgan fingerprint density at radius 2 is 1.19 bits per heavy atom. The van der Waals surface area contributed by atoms with E-state index in [0.29, 0.717) is 6.42 Å². The van der Waals surface area contributed by atoms with Gasteiger partial charge in [-0.05, 0) is 16.7 Å². The van der Waals surface area contributed by atoms with Crippen molar-refractivity contribution in [2.24, 2.45) is 0 Å². The number of rotatable bonds is 5. The number of imidazole rings is 1. The molecule has 27 heavy (non-hydrogen) atoms. The Kier molecular flexibility index (Phi) is 4.55. The van der Waals surface area contributed by atoms with E-state index >= 15 is 0 Å². The van der Waals surface area contributed by atoms with Crippen LogP contribution in [-0.2, 0) is 12.0 Å². The van der Waals surface area contributed by atoms with Gasteiger partial charge in [0.1, 0.15) is 5.54 Å². The Balaban J connectivity index is 2.14. The molecule has 0 bridgehead atoms. The zero-order valence-corrected chi connectivity index (χ0v) is 14.9. The van der Waals surface area contributed by atoms with E-state index in [2.05, 4.69) is 88.4 Å². The summed E-state index contributed by atoms with van der Waals surface area (Å²) in [6.45, 7) is 0. The van der Waals surface area contributed by atoms with E-state index in [9.17, 15) is 5.26 Å². The van der Waals surface area contributed by atoms with Crippen molar-refractivity contribution in [2.75, 3.05) is 0 Å². The molecule has 0 N–H and O–H groups in total. The van der Waals surface area contributed by atoms with Gasteiger partial charge in [-0.15, -0.1) is 0 Å². The van der Waals surface area contributed by atoms with Gasteiger partial charge in [0.25, 0.3) is 0 Å². The zero-order valence-electron chi connectivity index (χ0n) is 14.9. The number of benzene rings is 3. The summed E-state index contributed by atoms with van der Waals surface area (Å²) in [5, 5.41) is 9.35. The molecule has 0 saturated carbocycles. The van der Waals surface area contributed by atoms with Crippen molar-refractivity contribution in [2.45, 2.75) is 12.0 Å². The van der Waals surface area contributed by atoms with Crippen molar-refractivity contribution in [1.29, 1.82) is 5.26 Å². The van der Waals surface area contributed by atoms with Gasteiger partial charge < -0.3 is 4.57 Å². The van der Waals surface area contributed by atoms with Crippen LogP contribution in [0.15, 0.2) is 104 Å². The first-order chi connectivity index (χ1) is 13.4. The van der Waals surface area contributed by atoms with E-state index in [-0.39, 0.29) is 0 Å². The molecule has 1 heterocycles. The summed E-state index contributed by atoms with van der Waals surface area (Å²) in [7, 11) is 0. The van der Waals surface area contributed by atoms with Gasteiger partial charge in [0.15, 0.2) is 0 Å². The second-order valence-corrected chi connectivity index (χ2v) is 6.40. The van der Waals surface area contributed by atoms with Crippen LogP contribution >= 0.6 is 0 Å². The monoisotopic (exact) mass is 349 g/mol. The summed E-state index contributed by atoms with van der Waals surface area (Å²) in [5.41, 5.74) is 3.65. The summed E-state index contributed by atoms with van der Waals surface area (Å²) in [6, 6.07) is 33.5. The Labute approximate surface area is 159 Å². The SMILES string of the molecule is N#CCc1cncn1C(c1ccccc1)(c1ccccc1)c1ccccc1. The second kappa shape index (κ2) is 7.31. The van der Waals surface area contributed by atoms with E-state index in [1.807, 2.05) is 24.5 Å². The summed E-state index contributed by atoms with van der Waals surface area (Å²) in [4.78, 5) is 4.40. The van der Waals surface area contributed by atoms with Crippen LogP contribution < -0.4 is 0 Å². The molecule has 3 heteroatoms. The van der Waals surface area contributed by atoms with Gasteiger partial charge in [-0.1, -0.05) is 91.0 Å². The van der Waals surface area contributed by atoms with Crippen LogP contribution in [0.25, 0.3) is 0 Å². The quantitative estimate of drug-likeness (QED) is 0.486. The summed E-state index contributed by atoms with van der Waals surface area (Å²) in [6.07, 6.45) is 3.92. The minimum Gasteiger partial charge on any atom is -0.315 e. The standard InChI is InChI=1S/C24H19N3/c25-17-16-23-18-26-19-27(23)24(20-10-4-1-5-11-20,21-12-6-2-7-13-21)22-14-8-3-9-15-22/h1-15,18-19H,16H2. The minimum absolute atomic E-state index is 0.300. The van der Waals surface area contributed by atoms with E-state index in [0.717, 1.165) is 22.4 Å². The first-order valence-electron chi connectivity index (χ1n) is 8.92. The van der Waals surface area contributed by atoms with E-state index < -0.39 is 5.54 Å². The fraction of sp³-hybridized carbons (Fsp3) is 0.0833. The van der Waals surface area contributed by atoms with Gasteiger partial charge in [-0.3, -0.25) is 0 Å². The molecule has 0 saturated heterocycles. The molecule has 0 unspecified atom stereocenters. The molecule has 0 aliphatic carbocycles. The molecule has 4 aromatic rings. The average molecular weight is 349 g/mol. The van der Waals surface area contributed by atoms with Crippen LogP contribution in [0.5, 0.6) is 0 Å². The number of nitriles is 1. The summed E-state index contributed by atoms with van der Waals surface area (Å²) in [5.74, 6) is 0. The fourth-order valence-corrected chi connectivity index (χ4v) is 3.79. The third kappa shape index (κ3) is 2.82. The number of nitrogens with zero attached hydrogens (tertiary/aromatic N) is 3. The number of aromatic nitrogens is 2. The van der Waals surface area contributed by atoms with Gasteiger partial charge in [0.2, 0.25) is 0 Å². The highest BCUT2D eigenvalue weighted by Gasteiger charge is 2.39. The first kappa shape index (κ1) is 16.8. The maximum absolute atomic E-state index is 9.35. The Morgan fingerprint density at radius 3 is 1.59 bits per heavy atom. The zero-order chi connectivity index (χ0) is 18.5. The van der Waals surface area contributed by atoms with Crippen molar-refractivity contribution >= 4 is 0 Å². The highest BCUT2D eigenvalue weighted by molar-refractivity contribution is 5.51. The predicted molar refractivity (Wildman–Crippen MR) is 106 cm³/mol. The molecule has 4 rings (SSSR count). The lowest BCUT2D eigenvalue weighted by Crippen LogP contribution is -2.38. The summed E-state index contributed by atoms with van der Waals surface area (Å²) < 4.78 is 2.14. The second-order valence-electron chi connectivity index (χ2n) is 6.40. The van der Waals surface area contributed by atoms with Gasteiger partial charge >= 0.3 is 0 Å². The first-order valence-corrected chi connectivity index (χ1v) is 8.92. The lowest BCUT2D eigenvalue weighted by atomic mass is 9.76. The van der Waals surface area contributed by atoms with Crippen molar-refractivity contribution in [1.82, 2.24) is 9.55 Å². The highest BCUT2D eigenvalue weighted by Crippen LogP contribution is 2.41. The molecule has 3 nitrogen and oxygen atoms in total. The molecule has 0 atom stereocenters. The van der Waals surface area contributed by atoms with Gasteiger partial charge in [-0.25, -0.2) is 4.98 Å². The predicted octanol–water partition coefficient (Wildman–Crippen LogP) is 4.79. The van der Waals surface area contributed by atoms with E-state index in [1.165, 1.54) is 0 Å². The van der Waals surface area contributed by atoms with Crippen molar-refractivity contribution in [3.05, 3.63) is 126 Å². The molecular weight excluding hydrogens is 330 g/mol. The largest absolute Gasteiger partial charge is 0.315 e. The molecule has 0 aliphatic rings. The Bertz CT molecular complexity index is 948. The number of hydrogen-bond donors (Lipinski definition) is 0. The van der Waals surface area contributed by atoms with Crippen molar-refractivity contribution < 1.29 is 0 Å². The molecule has 1 aromatic heterocycles. The fourth-order valence-electron chi connectivity index (χ4n) is 3.79. The van der Waals surface area contributed by atoms with E-state index in [1.54, 1.807) is 6.20 Å². The Morgan fingerprint density at radius 1 is 0.741 bits per heavy atom. The smallest absolute Gasteiger partial charge is 0.121 e. The van der Waals surface area contributed by atoms with Gasteiger partial charge in [-0.2, -0.15) is 5.26 Å². The van der Waals surface area contributed by atoms with Crippen LogP contribution in [0.1, 0.15) is 22.4 Å². The van der Waals surface area contributed by atoms with Gasteiger partial charge in [0.05, 0.1) is 24.5 Å². The van der Waals surface area contributed by atoms with Crippen LogP contribution in [0.3, 0.4) is 0 Å².